The molecule has 0 aromatic carbocycles. The third kappa shape index (κ3) is 4.98. The van der Waals surface area contributed by atoms with E-state index in [1.54, 1.807) is 0 Å². The zero-order valence-electron chi connectivity index (χ0n) is 8.77. The molecule has 1 atom stereocenters. The Morgan fingerprint density at radius 1 is 1.53 bits per heavy atom. The maximum atomic E-state index is 12.4. The highest BCUT2D eigenvalue weighted by molar-refractivity contribution is 5.75. The van der Waals surface area contributed by atoms with Crippen LogP contribution in [0.25, 0.3) is 0 Å². The van der Waals surface area contributed by atoms with Crippen LogP contribution in [0.1, 0.15) is 6.42 Å². The Morgan fingerprint density at radius 2 is 2.07 bits per heavy atom. The summed E-state index contributed by atoms with van der Waals surface area (Å²) in [5.74, 6) is -0.292. The molecule has 3 N–H and O–H groups in total. The summed E-state index contributed by atoms with van der Waals surface area (Å²) >= 11 is 0. The highest BCUT2D eigenvalue weighted by Crippen LogP contribution is 2.23. The molecule has 0 aliphatic carbocycles. The van der Waals surface area contributed by atoms with Crippen LogP contribution in [0.3, 0.4) is 0 Å². The number of nitrogens with zero attached hydrogens (tertiary/aromatic N) is 1. The zero-order chi connectivity index (χ0) is 12.1. The molecule has 0 heterocycles. The van der Waals surface area contributed by atoms with E-state index >= 15 is 0 Å². The van der Waals surface area contributed by atoms with Gasteiger partial charge < -0.3 is 11.1 Å². The number of carbonyl (C=O) groups excluding carboxylic acids is 1. The maximum absolute atomic E-state index is 12.4. The van der Waals surface area contributed by atoms with Gasteiger partial charge in [-0.05, 0) is 7.05 Å². The Balaban J connectivity index is 4.17. The summed E-state index contributed by atoms with van der Waals surface area (Å²) in [5.41, 5.74) is 5.04. The van der Waals surface area contributed by atoms with Crippen LogP contribution in [0.15, 0.2) is 0 Å². The largest absolute Gasteiger partial charge is 0.405 e. The molecule has 1 unspecified atom stereocenters. The number of amides is 1. The third-order valence-corrected chi connectivity index (χ3v) is 2.10. The molecule has 0 aliphatic rings. The van der Waals surface area contributed by atoms with Crippen molar-refractivity contribution in [2.24, 2.45) is 5.73 Å². The van der Waals surface area contributed by atoms with E-state index in [1.807, 2.05) is 0 Å². The summed E-state index contributed by atoms with van der Waals surface area (Å²) in [6.45, 7) is -0.477. The maximum Gasteiger partial charge on any atom is 0.405 e. The van der Waals surface area contributed by atoms with Crippen LogP contribution >= 0.6 is 0 Å². The van der Waals surface area contributed by atoms with Crippen molar-refractivity contribution in [2.45, 2.75) is 18.6 Å². The summed E-state index contributed by atoms with van der Waals surface area (Å²) in [6.07, 6.45) is -4.33. The molecule has 0 rings (SSSR count). The van der Waals surface area contributed by atoms with Gasteiger partial charge in [0, 0.05) is 26.6 Å². The number of halogens is 3. The first kappa shape index (κ1) is 14.2. The number of carbonyl (C=O) groups is 1. The van der Waals surface area contributed by atoms with E-state index in [-0.39, 0.29) is 18.9 Å². The van der Waals surface area contributed by atoms with Crippen molar-refractivity contribution < 1.29 is 18.0 Å². The zero-order valence-corrected chi connectivity index (χ0v) is 8.77. The summed E-state index contributed by atoms with van der Waals surface area (Å²) in [7, 11) is 2.74. The predicted molar refractivity (Wildman–Crippen MR) is 50.2 cm³/mol. The monoisotopic (exact) mass is 227 g/mol. The number of likely N-dealkylation sites (N-methyl/N-ethyl adjacent to an activating group) is 1. The topological polar surface area (TPSA) is 58.4 Å². The summed E-state index contributed by atoms with van der Waals surface area (Å²) < 4.78 is 37.1. The van der Waals surface area contributed by atoms with Gasteiger partial charge in [-0.1, -0.05) is 0 Å². The second-order valence-corrected chi connectivity index (χ2v) is 3.20. The first-order chi connectivity index (χ1) is 6.82. The van der Waals surface area contributed by atoms with Crippen LogP contribution in [0.2, 0.25) is 0 Å². The van der Waals surface area contributed by atoms with Gasteiger partial charge in [0.2, 0.25) is 5.91 Å². The van der Waals surface area contributed by atoms with Crippen molar-refractivity contribution in [3.8, 4) is 0 Å². The highest BCUT2D eigenvalue weighted by Gasteiger charge is 2.41. The SMILES string of the molecule is CNC(=O)CCN(C)C(CN)C(F)(F)F. The van der Waals surface area contributed by atoms with Gasteiger partial charge in [-0.15, -0.1) is 0 Å². The third-order valence-electron chi connectivity index (χ3n) is 2.10. The minimum atomic E-state index is -4.35. The van der Waals surface area contributed by atoms with Gasteiger partial charge in [0.1, 0.15) is 6.04 Å². The van der Waals surface area contributed by atoms with E-state index in [2.05, 4.69) is 5.32 Å². The lowest BCUT2D eigenvalue weighted by atomic mass is 10.2. The number of hydrogen-bond donors (Lipinski definition) is 2. The molecular formula is C8H16F3N3O. The molecule has 0 bridgehead atoms. The number of alkyl halides is 3. The Labute approximate surface area is 86.6 Å². The Kier molecular flexibility index (Phi) is 5.59. The standard InChI is InChI=1S/C8H16F3N3O/c1-13-7(15)3-4-14(2)6(5-12)8(9,10)11/h6H,3-5,12H2,1-2H3,(H,13,15). The molecular weight excluding hydrogens is 211 g/mol. The number of nitrogens with two attached hydrogens (primary N) is 1. The first-order valence-corrected chi connectivity index (χ1v) is 4.50. The molecule has 0 saturated heterocycles. The lowest BCUT2D eigenvalue weighted by Crippen LogP contribution is -2.49. The van der Waals surface area contributed by atoms with Crippen LogP contribution in [0.5, 0.6) is 0 Å². The van der Waals surface area contributed by atoms with E-state index in [4.69, 9.17) is 5.73 Å². The van der Waals surface area contributed by atoms with E-state index in [9.17, 15) is 18.0 Å². The minimum Gasteiger partial charge on any atom is -0.359 e. The van der Waals surface area contributed by atoms with Gasteiger partial charge >= 0.3 is 6.18 Å². The smallest absolute Gasteiger partial charge is 0.359 e. The molecule has 4 nitrogen and oxygen atoms in total. The number of hydrogen-bond acceptors (Lipinski definition) is 3. The lowest BCUT2D eigenvalue weighted by molar-refractivity contribution is -0.177. The molecule has 90 valence electrons. The van der Waals surface area contributed by atoms with Crippen molar-refractivity contribution in [1.82, 2.24) is 10.2 Å². The molecule has 0 aromatic heterocycles. The minimum absolute atomic E-state index is 0.0274. The van der Waals surface area contributed by atoms with Crippen LogP contribution in [-0.2, 0) is 4.79 Å². The Hall–Kier alpha value is -0.820. The van der Waals surface area contributed by atoms with Gasteiger partial charge in [-0.3, -0.25) is 9.69 Å². The fourth-order valence-corrected chi connectivity index (χ4v) is 1.12. The second-order valence-electron chi connectivity index (χ2n) is 3.20. The molecule has 0 fully saturated rings. The van der Waals surface area contributed by atoms with E-state index in [1.165, 1.54) is 14.1 Å². The molecule has 1 amide bonds. The molecule has 15 heavy (non-hydrogen) atoms. The molecule has 0 aliphatic heterocycles. The van der Waals surface area contributed by atoms with E-state index < -0.39 is 18.8 Å². The second kappa shape index (κ2) is 5.92. The van der Waals surface area contributed by atoms with Crippen molar-refractivity contribution >= 4 is 5.91 Å². The Bertz CT molecular complexity index is 208. The summed E-state index contributed by atoms with van der Waals surface area (Å²) in [4.78, 5) is 11.9. The predicted octanol–water partition coefficient (Wildman–Crippen LogP) is -0.0561. The fourth-order valence-electron chi connectivity index (χ4n) is 1.12. The molecule has 0 spiro atoms. The van der Waals surface area contributed by atoms with Gasteiger partial charge in [-0.25, -0.2) is 0 Å². The lowest BCUT2D eigenvalue weighted by Gasteiger charge is -2.28. The van der Waals surface area contributed by atoms with Crippen molar-refractivity contribution in [1.29, 1.82) is 0 Å². The van der Waals surface area contributed by atoms with Crippen molar-refractivity contribution in [3.63, 3.8) is 0 Å². The van der Waals surface area contributed by atoms with E-state index in [0.717, 1.165) is 4.90 Å². The summed E-state index contributed by atoms with van der Waals surface area (Å²) in [5, 5.41) is 2.34. The molecule has 0 radical (unpaired) electrons. The van der Waals surface area contributed by atoms with Crippen LogP contribution in [0.4, 0.5) is 13.2 Å². The number of nitrogens with one attached hydrogen (secondary N) is 1. The van der Waals surface area contributed by atoms with Gasteiger partial charge in [0.25, 0.3) is 0 Å². The van der Waals surface area contributed by atoms with Crippen molar-refractivity contribution in [3.05, 3.63) is 0 Å². The van der Waals surface area contributed by atoms with Gasteiger partial charge in [-0.2, -0.15) is 13.2 Å². The molecule has 7 heteroatoms. The highest BCUT2D eigenvalue weighted by atomic mass is 19.4. The molecule has 0 aromatic rings. The quantitative estimate of drug-likeness (QED) is 0.692. The van der Waals surface area contributed by atoms with Crippen LogP contribution < -0.4 is 11.1 Å². The average Bonchev–Trinajstić information content (AvgIpc) is 2.12. The number of rotatable bonds is 5. The average molecular weight is 227 g/mol. The fraction of sp³-hybridized carbons (Fsp3) is 0.875. The van der Waals surface area contributed by atoms with Crippen molar-refractivity contribution in [2.75, 3.05) is 27.2 Å². The first-order valence-electron chi connectivity index (χ1n) is 4.50. The van der Waals surface area contributed by atoms with E-state index in [0.29, 0.717) is 0 Å². The van der Waals surface area contributed by atoms with Crippen LogP contribution in [0, 0.1) is 0 Å². The van der Waals surface area contributed by atoms with Gasteiger partial charge in [0.15, 0.2) is 0 Å². The summed E-state index contributed by atoms with van der Waals surface area (Å²) in [6, 6.07) is -1.69. The Morgan fingerprint density at radius 3 is 2.40 bits per heavy atom. The molecule has 0 saturated carbocycles. The van der Waals surface area contributed by atoms with Crippen LogP contribution in [-0.4, -0.2) is 50.2 Å². The van der Waals surface area contributed by atoms with Gasteiger partial charge in [0.05, 0.1) is 0 Å². The normalized spacial score (nSPS) is 14.1.